The van der Waals surface area contributed by atoms with E-state index in [-0.39, 0.29) is 11.4 Å². The lowest BCUT2D eigenvalue weighted by Gasteiger charge is -2.13. The third kappa shape index (κ3) is 3.65. The van der Waals surface area contributed by atoms with E-state index in [9.17, 15) is 8.42 Å². The fourth-order valence-electron chi connectivity index (χ4n) is 1.97. The molecule has 0 spiro atoms. The van der Waals surface area contributed by atoms with Crippen LogP contribution in [0.1, 0.15) is 16.9 Å². The molecule has 0 amide bonds. The molecule has 0 aliphatic heterocycles. The lowest BCUT2D eigenvalue weighted by atomic mass is 10.1. The molecule has 0 unspecified atom stereocenters. The highest BCUT2D eigenvalue weighted by molar-refractivity contribution is 7.89. The number of benzene rings is 1. The van der Waals surface area contributed by atoms with E-state index in [0.29, 0.717) is 12.2 Å². The van der Waals surface area contributed by atoms with Crippen molar-refractivity contribution in [1.82, 2.24) is 4.72 Å². The van der Waals surface area contributed by atoms with E-state index in [0.717, 1.165) is 16.9 Å². The molecule has 114 valence electrons. The highest BCUT2D eigenvalue weighted by atomic mass is 32.2. The monoisotopic (exact) mass is 309 g/mol. The lowest BCUT2D eigenvalue weighted by Crippen LogP contribution is -2.26. The third-order valence-corrected chi connectivity index (χ3v) is 4.80. The normalized spacial score (nSPS) is 11.6. The molecule has 0 aliphatic carbocycles. The molecule has 21 heavy (non-hydrogen) atoms. The van der Waals surface area contributed by atoms with Crippen LogP contribution in [0.15, 0.2) is 39.8 Å². The highest BCUT2D eigenvalue weighted by Gasteiger charge is 2.20. The molecule has 0 saturated carbocycles. The third-order valence-electron chi connectivity index (χ3n) is 3.31. The summed E-state index contributed by atoms with van der Waals surface area (Å²) in [5, 5.41) is 0. The molecule has 0 atom stereocenters. The Balaban J connectivity index is 2.17. The van der Waals surface area contributed by atoms with Crippen molar-refractivity contribution in [3.8, 4) is 5.75 Å². The summed E-state index contributed by atoms with van der Waals surface area (Å²) in [7, 11) is -2.15. The molecular weight excluding hydrogens is 290 g/mol. The summed E-state index contributed by atoms with van der Waals surface area (Å²) >= 11 is 0. The molecule has 0 fully saturated rings. The van der Waals surface area contributed by atoms with Crippen molar-refractivity contribution in [3.63, 3.8) is 0 Å². The van der Waals surface area contributed by atoms with Gasteiger partial charge in [0.25, 0.3) is 0 Å². The quantitative estimate of drug-likeness (QED) is 0.890. The number of furan rings is 1. The second kappa shape index (κ2) is 6.32. The standard InChI is InChI=1S/C15H19NO4S/c1-11-9-14(19-3)15(10-12(11)2)21(17,18)16-7-6-13-5-4-8-20-13/h4-5,8-10,16H,6-7H2,1-3H3. The van der Waals surface area contributed by atoms with Gasteiger partial charge in [0.1, 0.15) is 16.4 Å². The Morgan fingerprint density at radius 1 is 1.24 bits per heavy atom. The van der Waals surface area contributed by atoms with Crippen molar-refractivity contribution in [1.29, 1.82) is 0 Å². The molecular formula is C15H19NO4S. The Labute approximate surface area is 125 Å². The van der Waals surface area contributed by atoms with E-state index >= 15 is 0 Å². The van der Waals surface area contributed by atoms with Gasteiger partial charge in [0.2, 0.25) is 10.0 Å². The zero-order valence-electron chi connectivity index (χ0n) is 12.3. The summed E-state index contributed by atoms with van der Waals surface area (Å²) < 4.78 is 37.7. The van der Waals surface area contributed by atoms with E-state index in [1.54, 1.807) is 24.5 Å². The smallest absolute Gasteiger partial charge is 0.244 e. The van der Waals surface area contributed by atoms with Crippen LogP contribution >= 0.6 is 0 Å². The molecule has 0 radical (unpaired) electrons. The number of hydrogen-bond donors (Lipinski definition) is 1. The van der Waals surface area contributed by atoms with Crippen molar-refractivity contribution < 1.29 is 17.6 Å². The Kier molecular flexibility index (Phi) is 4.69. The topological polar surface area (TPSA) is 68.5 Å². The number of nitrogens with one attached hydrogen (secondary N) is 1. The van der Waals surface area contributed by atoms with Gasteiger partial charge >= 0.3 is 0 Å². The number of rotatable bonds is 6. The minimum Gasteiger partial charge on any atom is -0.495 e. The van der Waals surface area contributed by atoms with Crippen LogP contribution in [-0.4, -0.2) is 22.1 Å². The molecule has 1 aromatic heterocycles. The number of methoxy groups -OCH3 is 1. The van der Waals surface area contributed by atoms with Gasteiger partial charge in [-0.2, -0.15) is 0 Å². The molecule has 6 heteroatoms. The number of hydrogen-bond acceptors (Lipinski definition) is 4. The van der Waals surface area contributed by atoms with Gasteiger partial charge in [-0.25, -0.2) is 13.1 Å². The number of ether oxygens (including phenoxy) is 1. The molecule has 0 aliphatic rings. The Hall–Kier alpha value is -1.79. The maximum absolute atomic E-state index is 12.4. The van der Waals surface area contributed by atoms with Gasteiger partial charge in [0.15, 0.2) is 0 Å². The molecule has 1 heterocycles. The van der Waals surface area contributed by atoms with Crippen LogP contribution in [0.5, 0.6) is 5.75 Å². The van der Waals surface area contributed by atoms with Gasteiger partial charge in [0, 0.05) is 13.0 Å². The molecule has 2 aromatic rings. The Bertz CT molecular complexity index is 706. The van der Waals surface area contributed by atoms with Crippen LogP contribution in [0, 0.1) is 13.8 Å². The molecule has 0 saturated heterocycles. The van der Waals surface area contributed by atoms with Gasteiger partial charge in [-0.15, -0.1) is 0 Å². The van der Waals surface area contributed by atoms with E-state index in [2.05, 4.69) is 4.72 Å². The SMILES string of the molecule is COc1cc(C)c(C)cc1S(=O)(=O)NCCc1ccco1. The molecule has 0 bridgehead atoms. The largest absolute Gasteiger partial charge is 0.495 e. The van der Waals surface area contributed by atoms with Gasteiger partial charge < -0.3 is 9.15 Å². The van der Waals surface area contributed by atoms with E-state index in [1.165, 1.54) is 7.11 Å². The summed E-state index contributed by atoms with van der Waals surface area (Å²) in [6.07, 6.45) is 2.07. The zero-order valence-corrected chi connectivity index (χ0v) is 13.2. The first-order valence-electron chi connectivity index (χ1n) is 6.61. The van der Waals surface area contributed by atoms with Crippen molar-refractivity contribution in [2.45, 2.75) is 25.2 Å². The Morgan fingerprint density at radius 2 is 1.95 bits per heavy atom. The van der Waals surface area contributed by atoms with Crippen molar-refractivity contribution in [2.75, 3.05) is 13.7 Å². The van der Waals surface area contributed by atoms with E-state index < -0.39 is 10.0 Å². The molecule has 2 rings (SSSR count). The maximum atomic E-state index is 12.4. The van der Waals surface area contributed by atoms with Crippen LogP contribution in [0.4, 0.5) is 0 Å². The van der Waals surface area contributed by atoms with Crippen LogP contribution < -0.4 is 9.46 Å². The number of aryl methyl sites for hydroxylation is 2. The first-order valence-corrected chi connectivity index (χ1v) is 8.09. The van der Waals surface area contributed by atoms with Crippen LogP contribution in [-0.2, 0) is 16.4 Å². The lowest BCUT2D eigenvalue weighted by molar-refractivity contribution is 0.401. The van der Waals surface area contributed by atoms with Gasteiger partial charge in [-0.3, -0.25) is 0 Å². The van der Waals surface area contributed by atoms with E-state index in [4.69, 9.17) is 9.15 Å². The summed E-state index contributed by atoms with van der Waals surface area (Å²) in [6, 6.07) is 6.95. The fourth-order valence-corrected chi connectivity index (χ4v) is 3.24. The minimum atomic E-state index is -3.61. The van der Waals surface area contributed by atoms with Gasteiger partial charge in [-0.1, -0.05) is 0 Å². The highest BCUT2D eigenvalue weighted by Crippen LogP contribution is 2.27. The van der Waals surface area contributed by atoms with Gasteiger partial charge in [0.05, 0.1) is 13.4 Å². The predicted octanol–water partition coefficient (Wildman–Crippen LogP) is 2.43. The number of sulfonamides is 1. The van der Waals surface area contributed by atoms with Crippen molar-refractivity contribution in [2.24, 2.45) is 0 Å². The first kappa shape index (κ1) is 15.6. The zero-order chi connectivity index (χ0) is 15.5. The van der Waals surface area contributed by atoms with Crippen LogP contribution in [0.2, 0.25) is 0 Å². The minimum absolute atomic E-state index is 0.160. The maximum Gasteiger partial charge on any atom is 0.244 e. The first-order chi connectivity index (χ1) is 9.94. The van der Waals surface area contributed by atoms with Crippen molar-refractivity contribution >= 4 is 10.0 Å². The summed E-state index contributed by atoms with van der Waals surface area (Å²) in [5.41, 5.74) is 1.89. The second-order valence-corrected chi connectivity index (χ2v) is 6.55. The summed E-state index contributed by atoms with van der Waals surface area (Å²) in [6.45, 7) is 4.06. The fraction of sp³-hybridized carbons (Fsp3) is 0.333. The summed E-state index contributed by atoms with van der Waals surface area (Å²) in [4.78, 5) is 0.160. The van der Waals surface area contributed by atoms with Crippen molar-refractivity contribution in [3.05, 3.63) is 47.4 Å². The second-order valence-electron chi connectivity index (χ2n) is 4.81. The van der Waals surface area contributed by atoms with E-state index in [1.807, 2.05) is 19.9 Å². The summed E-state index contributed by atoms with van der Waals surface area (Å²) in [5.74, 6) is 1.09. The predicted molar refractivity (Wildman–Crippen MR) is 80.1 cm³/mol. The molecule has 5 nitrogen and oxygen atoms in total. The molecule has 1 N–H and O–H groups in total. The van der Waals surface area contributed by atoms with Crippen LogP contribution in [0.25, 0.3) is 0 Å². The average Bonchev–Trinajstić information content (AvgIpc) is 2.94. The average molecular weight is 309 g/mol. The van der Waals surface area contributed by atoms with Gasteiger partial charge in [-0.05, 0) is 49.2 Å². The Morgan fingerprint density at radius 3 is 2.57 bits per heavy atom. The van der Waals surface area contributed by atoms with Crippen LogP contribution in [0.3, 0.4) is 0 Å². The molecule has 1 aromatic carbocycles.